The standard InChI is InChI=1S/C25H19ClN4O7/c1-36-21-13-15(11-19-24(32)28-29(25(19)33)18-5-3-2-4-6-18)12-20(30(34)35)23(21)37-14-22(31)27-17-9-7-16(26)8-10-17/h2-13H,14H2,1H3,(H,27,31)(H,28,32)/b19-11-. The number of hydrogen-bond acceptors (Lipinski definition) is 7. The fourth-order valence-electron chi connectivity index (χ4n) is 3.47. The Bertz CT molecular complexity index is 1410. The summed E-state index contributed by atoms with van der Waals surface area (Å²) in [6, 6.07) is 17.3. The Labute approximate surface area is 215 Å². The van der Waals surface area contributed by atoms with E-state index in [4.69, 9.17) is 21.1 Å². The molecule has 1 heterocycles. The predicted octanol–water partition coefficient (Wildman–Crippen LogP) is 3.74. The van der Waals surface area contributed by atoms with Gasteiger partial charge in [-0.05, 0) is 54.1 Å². The van der Waals surface area contributed by atoms with E-state index in [9.17, 15) is 24.5 Å². The number of ether oxygens (including phenoxy) is 2. The minimum absolute atomic E-state index is 0.0638. The number of carbonyl (C=O) groups is 3. The van der Waals surface area contributed by atoms with Crippen LogP contribution in [0.25, 0.3) is 6.08 Å². The summed E-state index contributed by atoms with van der Waals surface area (Å²) in [7, 11) is 1.27. The number of hydrazine groups is 1. The lowest BCUT2D eigenvalue weighted by molar-refractivity contribution is -0.385. The van der Waals surface area contributed by atoms with E-state index in [-0.39, 0.29) is 22.6 Å². The van der Waals surface area contributed by atoms with Gasteiger partial charge in [-0.25, -0.2) is 5.01 Å². The van der Waals surface area contributed by atoms with Crippen LogP contribution in [0.4, 0.5) is 17.1 Å². The number of benzene rings is 3. The van der Waals surface area contributed by atoms with E-state index in [1.54, 1.807) is 54.6 Å². The molecule has 3 aromatic carbocycles. The number of hydrogen-bond donors (Lipinski definition) is 2. The summed E-state index contributed by atoms with van der Waals surface area (Å²) in [5, 5.41) is 16.0. The number of methoxy groups -OCH3 is 1. The maximum atomic E-state index is 12.8. The van der Waals surface area contributed by atoms with E-state index < -0.39 is 34.9 Å². The fraction of sp³-hybridized carbons (Fsp3) is 0.0800. The van der Waals surface area contributed by atoms with Crippen molar-refractivity contribution in [2.75, 3.05) is 24.0 Å². The Morgan fingerprint density at radius 1 is 1.14 bits per heavy atom. The average Bonchev–Trinajstić information content (AvgIpc) is 3.17. The summed E-state index contributed by atoms with van der Waals surface area (Å²) in [5.41, 5.74) is 2.78. The second-order valence-electron chi connectivity index (χ2n) is 7.65. The molecule has 1 saturated heterocycles. The number of nitrogens with one attached hydrogen (secondary N) is 2. The van der Waals surface area contributed by atoms with Crippen molar-refractivity contribution in [3.05, 3.63) is 93.0 Å². The van der Waals surface area contributed by atoms with Crippen molar-refractivity contribution in [3.8, 4) is 11.5 Å². The third kappa shape index (κ3) is 5.68. The van der Waals surface area contributed by atoms with Gasteiger partial charge in [-0.15, -0.1) is 0 Å². The number of rotatable bonds is 8. The highest BCUT2D eigenvalue weighted by atomic mass is 35.5. The molecule has 0 atom stereocenters. The molecule has 0 radical (unpaired) electrons. The fourth-order valence-corrected chi connectivity index (χ4v) is 3.60. The lowest BCUT2D eigenvalue weighted by Crippen LogP contribution is -2.35. The Kier molecular flexibility index (Phi) is 7.35. The number of nitro benzene ring substituents is 1. The highest BCUT2D eigenvalue weighted by molar-refractivity contribution is 6.31. The molecule has 0 unspecified atom stereocenters. The van der Waals surface area contributed by atoms with Gasteiger partial charge in [0.1, 0.15) is 5.57 Å². The molecule has 188 valence electrons. The van der Waals surface area contributed by atoms with Crippen molar-refractivity contribution in [3.63, 3.8) is 0 Å². The number of halogens is 1. The van der Waals surface area contributed by atoms with Crippen LogP contribution in [0.1, 0.15) is 5.56 Å². The maximum Gasteiger partial charge on any atom is 0.315 e. The highest BCUT2D eigenvalue weighted by Gasteiger charge is 2.35. The van der Waals surface area contributed by atoms with Gasteiger partial charge >= 0.3 is 5.69 Å². The van der Waals surface area contributed by atoms with E-state index in [1.807, 2.05) is 0 Å². The summed E-state index contributed by atoms with van der Waals surface area (Å²) in [5.74, 6) is -2.22. The molecule has 0 aromatic heterocycles. The number of anilines is 2. The summed E-state index contributed by atoms with van der Waals surface area (Å²) >= 11 is 5.82. The van der Waals surface area contributed by atoms with E-state index in [0.717, 1.165) is 11.1 Å². The first-order chi connectivity index (χ1) is 17.8. The number of nitro groups is 1. The molecule has 1 aliphatic rings. The van der Waals surface area contributed by atoms with Crippen molar-refractivity contribution in [2.45, 2.75) is 0 Å². The van der Waals surface area contributed by atoms with Gasteiger partial charge < -0.3 is 14.8 Å². The topological polar surface area (TPSA) is 140 Å². The van der Waals surface area contributed by atoms with Gasteiger partial charge in [0.15, 0.2) is 12.4 Å². The van der Waals surface area contributed by atoms with Gasteiger partial charge in [-0.2, -0.15) is 0 Å². The van der Waals surface area contributed by atoms with Gasteiger partial charge in [0.2, 0.25) is 5.75 Å². The maximum absolute atomic E-state index is 12.8. The van der Waals surface area contributed by atoms with Gasteiger partial charge in [-0.1, -0.05) is 29.8 Å². The smallest absolute Gasteiger partial charge is 0.315 e. The summed E-state index contributed by atoms with van der Waals surface area (Å²) in [6.45, 7) is -0.548. The molecular formula is C25H19ClN4O7. The first-order valence-corrected chi connectivity index (χ1v) is 11.1. The molecule has 3 aromatic rings. The van der Waals surface area contributed by atoms with Gasteiger partial charge in [0, 0.05) is 16.8 Å². The molecule has 12 heteroatoms. The van der Waals surface area contributed by atoms with E-state index in [0.29, 0.717) is 16.4 Å². The van der Waals surface area contributed by atoms with Crippen molar-refractivity contribution in [2.24, 2.45) is 0 Å². The molecule has 37 heavy (non-hydrogen) atoms. The number of para-hydroxylation sites is 1. The predicted molar refractivity (Wildman–Crippen MR) is 135 cm³/mol. The Morgan fingerprint density at radius 2 is 1.84 bits per heavy atom. The van der Waals surface area contributed by atoms with E-state index >= 15 is 0 Å². The zero-order chi connectivity index (χ0) is 26.5. The molecule has 1 aliphatic heterocycles. The largest absolute Gasteiger partial charge is 0.493 e. The zero-order valence-electron chi connectivity index (χ0n) is 19.3. The lowest BCUT2D eigenvalue weighted by Gasteiger charge is -2.14. The highest BCUT2D eigenvalue weighted by Crippen LogP contribution is 2.39. The molecule has 3 amide bonds. The number of nitrogens with zero attached hydrogens (tertiary/aromatic N) is 2. The summed E-state index contributed by atoms with van der Waals surface area (Å²) < 4.78 is 10.7. The van der Waals surface area contributed by atoms with Gasteiger partial charge in [-0.3, -0.25) is 29.9 Å². The summed E-state index contributed by atoms with van der Waals surface area (Å²) in [6.07, 6.45) is 1.22. The molecule has 2 N–H and O–H groups in total. The van der Waals surface area contributed by atoms with Crippen LogP contribution in [0.2, 0.25) is 5.02 Å². The number of carbonyl (C=O) groups excluding carboxylic acids is 3. The van der Waals surface area contributed by atoms with Gasteiger partial charge in [0.05, 0.1) is 17.7 Å². The second-order valence-corrected chi connectivity index (χ2v) is 8.08. The van der Waals surface area contributed by atoms with Crippen LogP contribution in [0.3, 0.4) is 0 Å². The van der Waals surface area contributed by atoms with Crippen molar-refractivity contribution >= 4 is 52.5 Å². The Balaban J connectivity index is 1.58. The molecule has 0 bridgehead atoms. The van der Waals surface area contributed by atoms with Crippen LogP contribution in [0.5, 0.6) is 11.5 Å². The quantitative estimate of drug-likeness (QED) is 0.199. The molecule has 0 saturated carbocycles. The summed E-state index contributed by atoms with van der Waals surface area (Å²) in [4.78, 5) is 48.7. The SMILES string of the molecule is COc1cc(/C=C2/C(=O)NN(c3ccccc3)C2=O)cc([N+](=O)[O-])c1OCC(=O)Nc1ccc(Cl)cc1. The molecule has 11 nitrogen and oxygen atoms in total. The monoisotopic (exact) mass is 522 g/mol. The lowest BCUT2D eigenvalue weighted by atomic mass is 10.1. The van der Waals surface area contributed by atoms with Crippen molar-refractivity contribution in [1.29, 1.82) is 0 Å². The Morgan fingerprint density at radius 3 is 2.49 bits per heavy atom. The normalized spacial score (nSPS) is 13.9. The first-order valence-electron chi connectivity index (χ1n) is 10.7. The van der Waals surface area contributed by atoms with Gasteiger partial charge in [0.25, 0.3) is 17.7 Å². The van der Waals surface area contributed by atoms with E-state index in [2.05, 4.69) is 10.7 Å². The number of amides is 3. The molecular weight excluding hydrogens is 504 g/mol. The van der Waals surface area contributed by atoms with Crippen molar-refractivity contribution < 1.29 is 28.8 Å². The van der Waals surface area contributed by atoms with Crippen LogP contribution in [-0.4, -0.2) is 36.4 Å². The minimum atomic E-state index is -0.718. The van der Waals surface area contributed by atoms with Crippen LogP contribution >= 0.6 is 11.6 Å². The third-order valence-corrected chi connectivity index (χ3v) is 5.42. The van der Waals surface area contributed by atoms with Crippen molar-refractivity contribution in [1.82, 2.24) is 5.43 Å². The van der Waals surface area contributed by atoms with Crippen LogP contribution in [0, 0.1) is 10.1 Å². The zero-order valence-corrected chi connectivity index (χ0v) is 20.0. The third-order valence-electron chi connectivity index (χ3n) is 5.17. The Hall–Kier alpha value is -4.90. The minimum Gasteiger partial charge on any atom is -0.493 e. The van der Waals surface area contributed by atoms with Crippen LogP contribution < -0.4 is 25.2 Å². The second kappa shape index (κ2) is 10.8. The molecule has 4 rings (SSSR count). The molecule has 1 fully saturated rings. The van der Waals surface area contributed by atoms with Crippen LogP contribution in [-0.2, 0) is 14.4 Å². The molecule has 0 aliphatic carbocycles. The van der Waals surface area contributed by atoms with E-state index in [1.165, 1.54) is 19.3 Å². The van der Waals surface area contributed by atoms with Crippen LogP contribution in [0.15, 0.2) is 72.3 Å². The molecule has 0 spiro atoms. The average molecular weight is 523 g/mol. The first kappa shape index (κ1) is 25.2.